The molecule has 3 atom stereocenters. The fourth-order valence-corrected chi connectivity index (χ4v) is 5.39. The molecular formula is C27H34N6O3. The highest BCUT2D eigenvalue weighted by Gasteiger charge is 2.35. The number of nitrogens with zero attached hydrogens (tertiary/aromatic N) is 6. The van der Waals surface area contributed by atoms with Gasteiger partial charge >= 0.3 is 0 Å². The monoisotopic (exact) mass is 490 g/mol. The molecule has 2 aliphatic rings. The second kappa shape index (κ2) is 8.86. The predicted octanol–water partition coefficient (Wildman–Crippen LogP) is 3.47. The number of fused-ring (bicyclic) bond motifs is 2. The summed E-state index contributed by atoms with van der Waals surface area (Å²) in [4.78, 5) is 17.6. The lowest BCUT2D eigenvalue weighted by Crippen LogP contribution is -2.57. The summed E-state index contributed by atoms with van der Waals surface area (Å²) in [6, 6.07) is 10.6. The number of hydrogen-bond donors (Lipinski definition) is 0. The normalized spacial score (nSPS) is 22.4. The van der Waals surface area contributed by atoms with Gasteiger partial charge in [0.25, 0.3) is 5.56 Å². The van der Waals surface area contributed by atoms with Crippen LogP contribution in [-0.4, -0.2) is 56.6 Å². The summed E-state index contributed by atoms with van der Waals surface area (Å²) in [6.07, 6.45) is 1.78. The van der Waals surface area contributed by atoms with Gasteiger partial charge in [0, 0.05) is 44.3 Å². The van der Waals surface area contributed by atoms with Gasteiger partial charge in [0.1, 0.15) is 24.3 Å². The summed E-state index contributed by atoms with van der Waals surface area (Å²) in [5.74, 6) is 1.59. The van der Waals surface area contributed by atoms with Crippen LogP contribution in [0.5, 0.6) is 11.5 Å². The number of pyridine rings is 1. The van der Waals surface area contributed by atoms with Crippen molar-refractivity contribution in [3.05, 3.63) is 46.4 Å². The molecule has 0 spiro atoms. The van der Waals surface area contributed by atoms with E-state index in [0.717, 1.165) is 41.3 Å². The molecule has 9 heteroatoms. The van der Waals surface area contributed by atoms with E-state index < -0.39 is 0 Å². The maximum absolute atomic E-state index is 12.8. The van der Waals surface area contributed by atoms with Gasteiger partial charge in [-0.2, -0.15) is 10.4 Å². The lowest BCUT2D eigenvalue weighted by Gasteiger charge is -2.47. The third kappa shape index (κ3) is 4.20. The van der Waals surface area contributed by atoms with Crippen molar-refractivity contribution in [2.24, 2.45) is 7.05 Å². The average molecular weight is 491 g/mol. The molecule has 190 valence electrons. The first-order chi connectivity index (χ1) is 17.1. The minimum Gasteiger partial charge on any atom is -0.486 e. The molecule has 0 amide bonds. The molecule has 0 aliphatic carbocycles. The zero-order chi connectivity index (χ0) is 25.8. The topological polar surface area (TPSA) is 88.5 Å². The predicted molar refractivity (Wildman–Crippen MR) is 139 cm³/mol. The van der Waals surface area contributed by atoms with Crippen molar-refractivity contribution in [3.63, 3.8) is 0 Å². The third-order valence-corrected chi connectivity index (χ3v) is 7.42. The zero-order valence-electron chi connectivity index (χ0n) is 21.9. The number of ether oxygens (including phenoxy) is 2. The van der Waals surface area contributed by atoms with Crippen LogP contribution in [0.1, 0.15) is 46.2 Å². The molecule has 0 N–H and O–H groups in total. The lowest BCUT2D eigenvalue weighted by molar-refractivity contribution is 0.0210. The van der Waals surface area contributed by atoms with Gasteiger partial charge in [-0.3, -0.25) is 14.4 Å². The van der Waals surface area contributed by atoms with Crippen molar-refractivity contribution < 1.29 is 9.47 Å². The van der Waals surface area contributed by atoms with E-state index in [1.165, 1.54) is 5.56 Å². The molecule has 1 aromatic carbocycles. The molecule has 3 aromatic rings. The average Bonchev–Trinajstić information content (AvgIpc) is 3.26. The number of aryl methyl sites for hydroxylation is 1. The van der Waals surface area contributed by atoms with E-state index in [1.54, 1.807) is 28.6 Å². The Bertz CT molecular complexity index is 1400. The van der Waals surface area contributed by atoms with Gasteiger partial charge in [-0.05, 0) is 52.3 Å². The number of anilines is 1. The van der Waals surface area contributed by atoms with Crippen LogP contribution in [-0.2, 0) is 13.6 Å². The first kappa shape index (κ1) is 24.2. The molecule has 2 aromatic heterocycles. The van der Waals surface area contributed by atoms with Crippen molar-refractivity contribution in [1.29, 1.82) is 5.26 Å². The maximum Gasteiger partial charge on any atom is 0.252 e. The maximum atomic E-state index is 12.8. The van der Waals surface area contributed by atoms with Gasteiger partial charge in [-0.15, -0.1) is 0 Å². The fourth-order valence-electron chi connectivity index (χ4n) is 5.39. The molecule has 0 saturated carbocycles. The molecule has 2 aliphatic heterocycles. The molecule has 1 unspecified atom stereocenters. The molecule has 4 heterocycles. The molecule has 5 rings (SSSR count). The van der Waals surface area contributed by atoms with Crippen molar-refractivity contribution in [2.45, 2.75) is 64.9 Å². The number of rotatable bonds is 4. The molecule has 1 saturated heterocycles. The third-order valence-electron chi connectivity index (χ3n) is 7.42. The van der Waals surface area contributed by atoms with Crippen LogP contribution in [0.4, 0.5) is 5.69 Å². The van der Waals surface area contributed by atoms with Gasteiger partial charge in [-0.1, -0.05) is 6.07 Å². The Morgan fingerprint density at radius 2 is 1.97 bits per heavy atom. The van der Waals surface area contributed by atoms with Crippen LogP contribution in [0.2, 0.25) is 0 Å². The second-order valence-electron chi connectivity index (χ2n) is 10.7. The van der Waals surface area contributed by atoms with Gasteiger partial charge in [-0.25, -0.2) is 0 Å². The summed E-state index contributed by atoms with van der Waals surface area (Å²) < 4.78 is 15.3. The lowest BCUT2D eigenvalue weighted by atomic mass is 9.99. The van der Waals surface area contributed by atoms with Crippen molar-refractivity contribution >= 4 is 16.7 Å². The summed E-state index contributed by atoms with van der Waals surface area (Å²) in [5.41, 5.74) is 3.11. The largest absolute Gasteiger partial charge is 0.486 e. The summed E-state index contributed by atoms with van der Waals surface area (Å²) in [6.45, 7) is 13.0. The number of piperazine rings is 1. The number of aromatic nitrogens is 3. The molecule has 0 bridgehead atoms. The Labute approximate surface area is 211 Å². The smallest absolute Gasteiger partial charge is 0.252 e. The standard InChI is InChI=1S/C27H34N6O3/c1-17-14-33(21-12-25(34)30(6)22-15-31(10-9-28)29-26(21)22)18(2)13-32(17)19(3)20-7-8-23-24(11-20)35-16-27(4,5)36-23/h7-8,11-12,15,17-19H,10,13-14,16H2,1-6H3/t17-,18+,19?/m1/s1. The summed E-state index contributed by atoms with van der Waals surface area (Å²) in [7, 11) is 1.74. The molecule has 0 radical (unpaired) electrons. The SMILES string of the molecule is CC(c1ccc2c(c1)OCC(C)(C)O2)N1C[C@H](C)N(c2cc(=O)n(C)c3cn(CC#N)nc23)C[C@H]1C. The van der Waals surface area contributed by atoms with Crippen LogP contribution < -0.4 is 19.9 Å². The summed E-state index contributed by atoms with van der Waals surface area (Å²) in [5, 5.41) is 13.8. The second-order valence-corrected chi connectivity index (χ2v) is 10.7. The van der Waals surface area contributed by atoms with Gasteiger partial charge in [0.15, 0.2) is 11.5 Å². The minimum atomic E-state index is -0.325. The number of nitriles is 1. The Morgan fingerprint density at radius 1 is 1.19 bits per heavy atom. The molecule has 1 fully saturated rings. The minimum absolute atomic E-state index is 0.0795. The summed E-state index contributed by atoms with van der Waals surface area (Å²) >= 11 is 0. The molecule has 36 heavy (non-hydrogen) atoms. The number of hydrogen-bond acceptors (Lipinski definition) is 7. The van der Waals surface area contributed by atoms with Gasteiger partial charge in [0.05, 0.1) is 23.5 Å². The van der Waals surface area contributed by atoms with Crippen molar-refractivity contribution in [3.8, 4) is 17.6 Å². The van der Waals surface area contributed by atoms with Gasteiger partial charge in [0.2, 0.25) is 0 Å². The Kier molecular flexibility index (Phi) is 5.95. The quantitative estimate of drug-likeness (QED) is 0.553. The van der Waals surface area contributed by atoms with Crippen LogP contribution in [0, 0.1) is 11.3 Å². The fraction of sp³-hybridized carbons (Fsp3) is 0.519. The van der Waals surface area contributed by atoms with E-state index in [-0.39, 0.29) is 35.8 Å². The highest BCUT2D eigenvalue weighted by atomic mass is 16.6. The van der Waals surface area contributed by atoms with E-state index in [2.05, 4.69) is 53.9 Å². The van der Waals surface area contributed by atoms with Crippen LogP contribution in [0.15, 0.2) is 35.3 Å². The van der Waals surface area contributed by atoms with Crippen molar-refractivity contribution in [1.82, 2.24) is 19.2 Å². The van der Waals surface area contributed by atoms with E-state index >= 15 is 0 Å². The molecule has 9 nitrogen and oxygen atoms in total. The van der Waals surface area contributed by atoms with E-state index in [0.29, 0.717) is 6.61 Å². The first-order valence-corrected chi connectivity index (χ1v) is 12.5. The zero-order valence-corrected chi connectivity index (χ0v) is 21.9. The van der Waals surface area contributed by atoms with E-state index in [1.807, 2.05) is 19.9 Å². The Balaban J connectivity index is 1.41. The van der Waals surface area contributed by atoms with Crippen molar-refractivity contribution in [2.75, 3.05) is 24.6 Å². The first-order valence-electron chi connectivity index (χ1n) is 12.5. The highest BCUT2D eigenvalue weighted by Crippen LogP contribution is 2.39. The highest BCUT2D eigenvalue weighted by molar-refractivity contribution is 5.88. The van der Waals surface area contributed by atoms with E-state index in [4.69, 9.17) is 14.7 Å². The van der Waals surface area contributed by atoms with Crippen LogP contribution in [0.25, 0.3) is 11.0 Å². The Hall–Kier alpha value is -3.51. The molecular weight excluding hydrogens is 456 g/mol. The number of benzene rings is 1. The van der Waals surface area contributed by atoms with Crippen LogP contribution >= 0.6 is 0 Å². The van der Waals surface area contributed by atoms with E-state index in [9.17, 15) is 4.79 Å². The Morgan fingerprint density at radius 3 is 2.72 bits per heavy atom. The van der Waals surface area contributed by atoms with Gasteiger partial charge < -0.3 is 18.9 Å². The van der Waals surface area contributed by atoms with Crippen LogP contribution in [0.3, 0.4) is 0 Å².